The van der Waals surface area contributed by atoms with Gasteiger partial charge in [-0.2, -0.15) is 0 Å². The molecule has 0 bridgehead atoms. The molecule has 0 aromatic heterocycles. The van der Waals surface area contributed by atoms with Crippen LogP contribution in [-0.2, 0) is 0 Å². The van der Waals surface area contributed by atoms with Crippen LogP contribution in [0.2, 0.25) is 0 Å². The van der Waals surface area contributed by atoms with Crippen LogP contribution in [-0.4, -0.2) is 4.05 Å². The molecule has 1 atom stereocenters. The summed E-state index contributed by atoms with van der Waals surface area (Å²) in [6.45, 7) is 4.45. The van der Waals surface area contributed by atoms with E-state index >= 15 is 0 Å². The lowest BCUT2D eigenvalue weighted by atomic mass is 9.99. The van der Waals surface area contributed by atoms with Gasteiger partial charge < -0.3 is 5.73 Å². The molecule has 0 saturated heterocycles. The molecular formula is C8H18IN. The van der Waals surface area contributed by atoms with Gasteiger partial charge >= 0.3 is 0 Å². The van der Waals surface area contributed by atoms with E-state index in [1.807, 2.05) is 0 Å². The number of hydrogen-bond acceptors (Lipinski definition) is 1. The summed E-state index contributed by atoms with van der Waals surface area (Å²) in [7, 11) is 0. The predicted molar refractivity (Wildman–Crippen MR) is 55.3 cm³/mol. The summed E-state index contributed by atoms with van der Waals surface area (Å²) < 4.78 is 0.359. The van der Waals surface area contributed by atoms with Crippen molar-refractivity contribution in [1.82, 2.24) is 0 Å². The first-order valence-electron chi connectivity index (χ1n) is 4.12. The van der Waals surface area contributed by atoms with Crippen molar-refractivity contribution in [3.05, 3.63) is 0 Å². The van der Waals surface area contributed by atoms with E-state index < -0.39 is 0 Å². The van der Waals surface area contributed by atoms with Gasteiger partial charge in [0.1, 0.15) is 0 Å². The van der Waals surface area contributed by atoms with E-state index in [1.54, 1.807) is 0 Å². The van der Waals surface area contributed by atoms with E-state index in [9.17, 15) is 0 Å². The summed E-state index contributed by atoms with van der Waals surface area (Å²) >= 11 is 2.33. The lowest BCUT2D eigenvalue weighted by Gasteiger charge is -2.17. The van der Waals surface area contributed by atoms with Crippen molar-refractivity contribution in [2.75, 3.05) is 0 Å². The number of halogens is 1. The van der Waals surface area contributed by atoms with Crippen LogP contribution in [0.25, 0.3) is 0 Å². The summed E-state index contributed by atoms with van der Waals surface area (Å²) in [5.41, 5.74) is 5.80. The summed E-state index contributed by atoms with van der Waals surface area (Å²) in [5, 5.41) is 0. The maximum absolute atomic E-state index is 5.80. The van der Waals surface area contributed by atoms with Gasteiger partial charge in [-0.1, -0.05) is 49.3 Å². The van der Waals surface area contributed by atoms with Crippen molar-refractivity contribution in [2.24, 2.45) is 11.7 Å². The van der Waals surface area contributed by atoms with Crippen LogP contribution in [0, 0.1) is 5.92 Å². The van der Waals surface area contributed by atoms with Gasteiger partial charge in [-0.05, 0) is 18.8 Å². The third-order valence-electron chi connectivity index (χ3n) is 1.77. The minimum atomic E-state index is 0.359. The fourth-order valence-corrected chi connectivity index (χ4v) is 1.92. The molecule has 10 heavy (non-hydrogen) atoms. The summed E-state index contributed by atoms with van der Waals surface area (Å²) in [5.74, 6) is 0.746. The molecule has 0 spiro atoms. The highest BCUT2D eigenvalue weighted by molar-refractivity contribution is 14.1. The highest BCUT2D eigenvalue weighted by atomic mass is 127. The summed E-state index contributed by atoms with van der Waals surface area (Å²) in [6, 6.07) is 0. The van der Waals surface area contributed by atoms with E-state index in [4.69, 9.17) is 5.73 Å². The van der Waals surface area contributed by atoms with Gasteiger partial charge in [-0.25, -0.2) is 0 Å². The maximum Gasteiger partial charge on any atom is 0.0597 e. The van der Waals surface area contributed by atoms with Crippen molar-refractivity contribution in [3.63, 3.8) is 0 Å². The molecule has 62 valence electrons. The minimum Gasteiger partial charge on any atom is -0.319 e. The van der Waals surface area contributed by atoms with Crippen LogP contribution >= 0.6 is 22.6 Å². The Morgan fingerprint density at radius 1 is 1.20 bits per heavy atom. The van der Waals surface area contributed by atoms with Gasteiger partial charge in [0.05, 0.1) is 4.05 Å². The molecule has 0 amide bonds. The Morgan fingerprint density at radius 2 is 1.60 bits per heavy atom. The van der Waals surface area contributed by atoms with E-state index in [-0.39, 0.29) is 0 Å². The van der Waals surface area contributed by atoms with Crippen molar-refractivity contribution in [2.45, 2.75) is 43.6 Å². The Morgan fingerprint density at radius 3 is 1.80 bits per heavy atom. The van der Waals surface area contributed by atoms with Crippen molar-refractivity contribution >= 4 is 22.6 Å². The zero-order valence-corrected chi connectivity index (χ0v) is 9.10. The van der Waals surface area contributed by atoms with Crippen LogP contribution in [0.5, 0.6) is 0 Å². The van der Waals surface area contributed by atoms with Crippen LogP contribution in [0.4, 0.5) is 0 Å². The second kappa shape index (κ2) is 6.40. The molecule has 0 radical (unpaired) electrons. The Balaban J connectivity index is 3.50. The quantitative estimate of drug-likeness (QED) is 0.456. The van der Waals surface area contributed by atoms with Crippen LogP contribution in [0.3, 0.4) is 0 Å². The molecule has 0 rings (SSSR count). The molecule has 1 unspecified atom stereocenters. The number of rotatable bonds is 5. The molecule has 0 aliphatic heterocycles. The topological polar surface area (TPSA) is 26.0 Å². The number of nitrogens with two attached hydrogens (primary N) is 1. The molecule has 1 nitrogen and oxygen atoms in total. The van der Waals surface area contributed by atoms with E-state index in [0.29, 0.717) is 4.05 Å². The zero-order chi connectivity index (χ0) is 7.98. The Labute approximate surface area is 77.9 Å². The van der Waals surface area contributed by atoms with Crippen molar-refractivity contribution in [3.8, 4) is 0 Å². The second-order valence-electron chi connectivity index (χ2n) is 2.78. The van der Waals surface area contributed by atoms with Crippen molar-refractivity contribution < 1.29 is 0 Å². The molecule has 0 heterocycles. The third kappa shape index (κ3) is 4.50. The highest BCUT2D eigenvalue weighted by Crippen LogP contribution is 2.19. The Hall–Kier alpha value is 0.690. The van der Waals surface area contributed by atoms with Crippen LogP contribution in [0.1, 0.15) is 39.5 Å². The lowest BCUT2D eigenvalue weighted by Crippen LogP contribution is -2.22. The maximum atomic E-state index is 5.80. The Bertz CT molecular complexity index is 67.7. The molecule has 0 saturated carbocycles. The van der Waals surface area contributed by atoms with E-state index in [1.165, 1.54) is 25.7 Å². The summed E-state index contributed by atoms with van der Waals surface area (Å²) in [6.07, 6.45) is 5.11. The minimum absolute atomic E-state index is 0.359. The predicted octanol–water partition coefficient (Wildman–Crippen LogP) is 2.92. The van der Waals surface area contributed by atoms with E-state index in [2.05, 4.69) is 36.4 Å². The molecule has 0 aliphatic rings. The van der Waals surface area contributed by atoms with Gasteiger partial charge in [0, 0.05) is 0 Å². The smallest absolute Gasteiger partial charge is 0.0597 e. The molecule has 2 N–H and O–H groups in total. The molecular weight excluding hydrogens is 237 g/mol. The average molecular weight is 255 g/mol. The molecule has 0 aromatic carbocycles. The number of alkyl halides is 1. The second-order valence-corrected chi connectivity index (χ2v) is 4.22. The first-order chi connectivity index (χ1) is 4.72. The van der Waals surface area contributed by atoms with Crippen LogP contribution in [0.15, 0.2) is 0 Å². The summed E-state index contributed by atoms with van der Waals surface area (Å²) in [4.78, 5) is 0. The average Bonchev–Trinajstić information content (AvgIpc) is 1.87. The monoisotopic (exact) mass is 255 g/mol. The third-order valence-corrected chi connectivity index (χ3v) is 2.79. The Kier molecular flexibility index (Phi) is 6.85. The van der Waals surface area contributed by atoms with Gasteiger partial charge in [-0.15, -0.1) is 0 Å². The van der Waals surface area contributed by atoms with Gasteiger partial charge in [-0.3, -0.25) is 0 Å². The largest absolute Gasteiger partial charge is 0.319 e. The van der Waals surface area contributed by atoms with E-state index in [0.717, 1.165) is 5.92 Å². The SMILES string of the molecule is CCCC(CCC)C(N)I. The molecule has 0 aliphatic carbocycles. The number of hydrogen-bond donors (Lipinski definition) is 1. The van der Waals surface area contributed by atoms with Gasteiger partial charge in [0.25, 0.3) is 0 Å². The molecule has 0 fully saturated rings. The first kappa shape index (κ1) is 10.7. The highest BCUT2D eigenvalue weighted by Gasteiger charge is 2.11. The lowest BCUT2D eigenvalue weighted by molar-refractivity contribution is 0.439. The fourth-order valence-electron chi connectivity index (χ4n) is 1.20. The standard InChI is InChI=1S/C8H18IN/c1-3-5-7(6-4-2)8(9)10/h7-8H,3-6,10H2,1-2H3. The molecule has 0 aromatic rings. The first-order valence-corrected chi connectivity index (χ1v) is 5.36. The fraction of sp³-hybridized carbons (Fsp3) is 1.00. The van der Waals surface area contributed by atoms with Crippen LogP contribution < -0.4 is 5.73 Å². The van der Waals surface area contributed by atoms with Gasteiger partial charge in [0.15, 0.2) is 0 Å². The molecule has 2 heteroatoms. The van der Waals surface area contributed by atoms with Crippen molar-refractivity contribution in [1.29, 1.82) is 0 Å². The zero-order valence-electron chi connectivity index (χ0n) is 6.94. The van der Waals surface area contributed by atoms with Gasteiger partial charge in [0.2, 0.25) is 0 Å². The normalized spacial score (nSPS) is 14.1.